The maximum absolute atomic E-state index is 11.9. The van der Waals surface area contributed by atoms with E-state index in [1.165, 1.54) is 6.08 Å². The molecule has 3 rings (SSSR count). The fraction of sp³-hybridized carbons (Fsp3) is 0. The summed E-state index contributed by atoms with van der Waals surface area (Å²) in [7, 11) is 0. The molecule has 0 unspecified atom stereocenters. The summed E-state index contributed by atoms with van der Waals surface area (Å²) in [6, 6.07) is 16.3. The van der Waals surface area contributed by atoms with Gasteiger partial charge in [-0.15, -0.1) is 0 Å². The first kappa shape index (κ1) is 14.4. The van der Waals surface area contributed by atoms with Gasteiger partial charge in [0.25, 0.3) is 0 Å². The summed E-state index contributed by atoms with van der Waals surface area (Å²) < 4.78 is 0. The monoisotopic (exact) mass is 300 g/mol. The fourth-order valence-corrected chi connectivity index (χ4v) is 2.06. The van der Waals surface area contributed by atoms with Crippen LogP contribution >= 0.6 is 0 Å². The number of nitrogens with one attached hydrogen (secondary N) is 1. The second kappa shape index (κ2) is 6.50. The number of hydrogen-bond donors (Lipinski definition) is 1. The second-order valence-corrected chi connectivity index (χ2v) is 4.80. The standard InChI is InChI=1S/C18H12N4O/c19-11-13-4-3-5-14(10-13)22-18(23)9-8-15-12-20-16-6-1-2-7-17(16)21-15/h1-10,12H,(H,22,23)/b9-8+. The molecule has 0 bridgehead atoms. The van der Waals surface area contributed by atoms with Crippen molar-refractivity contribution in [3.63, 3.8) is 0 Å². The average molecular weight is 300 g/mol. The Morgan fingerprint density at radius 1 is 1.13 bits per heavy atom. The Morgan fingerprint density at radius 2 is 1.96 bits per heavy atom. The summed E-state index contributed by atoms with van der Waals surface area (Å²) in [6.07, 6.45) is 4.60. The zero-order valence-electron chi connectivity index (χ0n) is 12.1. The molecule has 0 aliphatic carbocycles. The van der Waals surface area contributed by atoms with Gasteiger partial charge < -0.3 is 5.32 Å². The highest BCUT2D eigenvalue weighted by Gasteiger charge is 2.00. The van der Waals surface area contributed by atoms with Gasteiger partial charge in [-0.3, -0.25) is 9.78 Å². The minimum Gasteiger partial charge on any atom is -0.322 e. The van der Waals surface area contributed by atoms with E-state index in [0.29, 0.717) is 16.9 Å². The second-order valence-electron chi connectivity index (χ2n) is 4.80. The molecule has 3 aromatic rings. The summed E-state index contributed by atoms with van der Waals surface area (Å²) in [5.41, 5.74) is 3.25. The van der Waals surface area contributed by atoms with Crippen LogP contribution in [0.3, 0.4) is 0 Å². The number of carbonyl (C=O) groups excluding carboxylic acids is 1. The van der Waals surface area contributed by atoms with Gasteiger partial charge in [-0.2, -0.15) is 5.26 Å². The Hall–Kier alpha value is -3.52. The molecule has 5 heteroatoms. The number of amides is 1. The first-order valence-corrected chi connectivity index (χ1v) is 6.95. The quantitative estimate of drug-likeness (QED) is 0.754. The number of hydrogen-bond acceptors (Lipinski definition) is 4. The third-order valence-electron chi connectivity index (χ3n) is 3.13. The molecule has 0 fully saturated rings. The van der Waals surface area contributed by atoms with Crippen molar-refractivity contribution in [2.45, 2.75) is 0 Å². The van der Waals surface area contributed by atoms with E-state index < -0.39 is 0 Å². The number of carbonyl (C=O) groups is 1. The predicted octanol–water partition coefficient (Wildman–Crippen LogP) is 3.15. The van der Waals surface area contributed by atoms with Gasteiger partial charge in [-0.1, -0.05) is 18.2 Å². The lowest BCUT2D eigenvalue weighted by Crippen LogP contribution is -2.07. The van der Waals surface area contributed by atoms with Crippen LogP contribution in [0.5, 0.6) is 0 Å². The molecule has 0 radical (unpaired) electrons. The van der Waals surface area contributed by atoms with E-state index in [-0.39, 0.29) is 5.91 Å². The molecule has 5 nitrogen and oxygen atoms in total. The van der Waals surface area contributed by atoms with Gasteiger partial charge in [0.05, 0.1) is 34.6 Å². The molecule has 0 saturated carbocycles. The fourth-order valence-electron chi connectivity index (χ4n) is 2.06. The van der Waals surface area contributed by atoms with Gasteiger partial charge in [0.15, 0.2) is 0 Å². The van der Waals surface area contributed by atoms with Crippen LogP contribution in [-0.4, -0.2) is 15.9 Å². The smallest absolute Gasteiger partial charge is 0.248 e. The highest BCUT2D eigenvalue weighted by atomic mass is 16.1. The summed E-state index contributed by atoms with van der Waals surface area (Å²) in [5.74, 6) is -0.296. The van der Waals surface area contributed by atoms with E-state index in [2.05, 4.69) is 15.3 Å². The van der Waals surface area contributed by atoms with Crippen LogP contribution in [0.2, 0.25) is 0 Å². The SMILES string of the molecule is N#Cc1cccc(NC(=O)/C=C/c2cnc3ccccc3n2)c1. The normalized spacial score (nSPS) is 10.6. The third-order valence-corrected chi connectivity index (χ3v) is 3.13. The summed E-state index contributed by atoms with van der Waals surface area (Å²) in [6.45, 7) is 0. The number of aromatic nitrogens is 2. The Balaban J connectivity index is 1.73. The van der Waals surface area contributed by atoms with E-state index >= 15 is 0 Å². The number of benzene rings is 2. The Morgan fingerprint density at radius 3 is 2.78 bits per heavy atom. The van der Waals surface area contributed by atoms with Crippen molar-refractivity contribution >= 4 is 28.7 Å². The van der Waals surface area contributed by atoms with Gasteiger partial charge in [0.1, 0.15) is 0 Å². The van der Waals surface area contributed by atoms with E-state index in [1.807, 2.05) is 30.3 Å². The third kappa shape index (κ3) is 3.57. The first-order valence-electron chi connectivity index (χ1n) is 6.95. The zero-order chi connectivity index (χ0) is 16.1. The van der Waals surface area contributed by atoms with Crippen molar-refractivity contribution in [3.05, 3.63) is 72.1 Å². The maximum atomic E-state index is 11.9. The lowest BCUT2D eigenvalue weighted by atomic mass is 10.2. The summed E-state index contributed by atoms with van der Waals surface area (Å²) >= 11 is 0. The van der Waals surface area contributed by atoms with Crippen LogP contribution in [0.25, 0.3) is 17.1 Å². The molecule has 0 spiro atoms. The van der Waals surface area contributed by atoms with Crippen LogP contribution < -0.4 is 5.32 Å². The van der Waals surface area contributed by atoms with Crippen molar-refractivity contribution in [2.75, 3.05) is 5.32 Å². The lowest BCUT2D eigenvalue weighted by Gasteiger charge is -2.02. The van der Waals surface area contributed by atoms with Crippen LogP contribution in [-0.2, 0) is 4.79 Å². The minimum atomic E-state index is -0.296. The van der Waals surface area contributed by atoms with Crippen molar-refractivity contribution in [1.29, 1.82) is 5.26 Å². The maximum Gasteiger partial charge on any atom is 0.248 e. The molecule has 0 aliphatic rings. The lowest BCUT2D eigenvalue weighted by molar-refractivity contribution is -0.111. The highest BCUT2D eigenvalue weighted by Crippen LogP contribution is 2.11. The Kier molecular flexibility index (Phi) is 4.07. The van der Waals surface area contributed by atoms with E-state index in [9.17, 15) is 4.79 Å². The van der Waals surface area contributed by atoms with Gasteiger partial charge in [-0.25, -0.2) is 4.98 Å². The van der Waals surface area contributed by atoms with E-state index in [1.54, 1.807) is 36.5 Å². The van der Waals surface area contributed by atoms with E-state index in [0.717, 1.165) is 11.0 Å². The van der Waals surface area contributed by atoms with Gasteiger partial charge in [-0.05, 0) is 36.4 Å². The minimum absolute atomic E-state index is 0.296. The molecule has 0 atom stereocenters. The van der Waals surface area contributed by atoms with Crippen LogP contribution in [0.4, 0.5) is 5.69 Å². The molecule has 1 aromatic heterocycles. The molecular weight excluding hydrogens is 288 g/mol. The van der Waals surface area contributed by atoms with Crippen molar-refractivity contribution < 1.29 is 4.79 Å². The van der Waals surface area contributed by atoms with Crippen LogP contribution in [0, 0.1) is 11.3 Å². The number of nitriles is 1. The van der Waals surface area contributed by atoms with Gasteiger partial charge in [0, 0.05) is 11.8 Å². The molecular formula is C18H12N4O. The first-order chi connectivity index (χ1) is 11.2. The topological polar surface area (TPSA) is 78.7 Å². The van der Waals surface area contributed by atoms with Crippen molar-refractivity contribution in [3.8, 4) is 6.07 Å². The molecule has 0 aliphatic heterocycles. The van der Waals surface area contributed by atoms with Crippen molar-refractivity contribution in [2.24, 2.45) is 0 Å². The molecule has 2 aromatic carbocycles. The average Bonchev–Trinajstić information content (AvgIpc) is 2.60. The zero-order valence-corrected chi connectivity index (χ0v) is 12.1. The highest BCUT2D eigenvalue weighted by molar-refractivity contribution is 6.01. The number of anilines is 1. The summed E-state index contributed by atoms with van der Waals surface area (Å²) in [4.78, 5) is 20.6. The number of fused-ring (bicyclic) bond motifs is 1. The number of para-hydroxylation sites is 2. The number of rotatable bonds is 3. The number of nitrogens with zero attached hydrogens (tertiary/aromatic N) is 3. The van der Waals surface area contributed by atoms with Gasteiger partial charge >= 0.3 is 0 Å². The molecule has 0 saturated heterocycles. The molecule has 23 heavy (non-hydrogen) atoms. The Labute approximate surface area is 132 Å². The Bertz CT molecular complexity index is 941. The van der Waals surface area contributed by atoms with E-state index in [4.69, 9.17) is 5.26 Å². The molecule has 1 N–H and O–H groups in total. The largest absolute Gasteiger partial charge is 0.322 e. The van der Waals surface area contributed by atoms with Crippen LogP contribution in [0.1, 0.15) is 11.3 Å². The van der Waals surface area contributed by atoms with Crippen LogP contribution in [0.15, 0.2) is 60.8 Å². The van der Waals surface area contributed by atoms with Crippen molar-refractivity contribution in [1.82, 2.24) is 9.97 Å². The van der Waals surface area contributed by atoms with Gasteiger partial charge in [0.2, 0.25) is 5.91 Å². The molecule has 1 heterocycles. The predicted molar refractivity (Wildman–Crippen MR) is 88.4 cm³/mol. The molecule has 1 amide bonds. The molecule has 110 valence electrons. The summed E-state index contributed by atoms with van der Waals surface area (Å²) in [5, 5.41) is 11.5.